The highest BCUT2D eigenvalue weighted by molar-refractivity contribution is 7.22. The van der Waals surface area contributed by atoms with Crippen molar-refractivity contribution in [2.75, 3.05) is 36.9 Å². The molecule has 7 nitrogen and oxygen atoms in total. The second kappa shape index (κ2) is 9.95. The number of hydrogen-bond acceptors (Lipinski definition) is 6. The minimum atomic E-state index is -0.374. The Bertz CT molecular complexity index is 1060. The first-order valence-corrected chi connectivity index (χ1v) is 10.9. The lowest BCUT2D eigenvalue weighted by atomic mass is 10.2. The highest BCUT2D eigenvalue weighted by Crippen LogP contribution is 2.27. The van der Waals surface area contributed by atoms with Crippen molar-refractivity contribution in [1.29, 1.82) is 0 Å². The molecule has 0 aliphatic carbocycles. The Morgan fingerprint density at radius 2 is 1.74 bits per heavy atom. The van der Waals surface area contributed by atoms with Gasteiger partial charge in [-0.1, -0.05) is 17.4 Å². The van der Waals surface area contributed by atoms with E-state index >= 15 is 0 Å². The summed E-state index contributed by atoms with van der Waals surface area (Å²) in [6, 6.07) is 11.6. The molecule has 0 radical (unpaired) electrons. The molecule has 1 aliphatic rings. The van der Waals surface area contributed by atoms with Gasteiger partial charge in [0.2, 0.25) is 11.8 Å². The summed E-state index contributed by atoms with van der Waals surface area (Å²) in [5.41, 5.74) is 2.53. The van der Waals surface area contributed by atoms with Crippen LogP contribution >= 0.6 is 11.3 Å². The average molecular weight is 443 g/mol. The van der Waals surface area contributed by atoms with Gasteiger partial charge >= 0.3 is 0 Å². The third-order valence-corrected chi connectivity index (χ3v) is 5.85. The molecule has 162 valence electrons. The number of nitrogens with zero attached hydrogens (tertiary/aromatic N) is 2. The number of ether oxygens (including phenoxy) is 1. The van der Waals surface area contributed by atoms with Crippen LogP contribution in [-0.4, -0.2) is 48.0 Å². The van der Waals surface area contributed by atoms with Crippen molar-refractivity contribution < 1.29 is 18.7 Å². The molecule has 2 aromatic carbocycles. The standard InChI is InChI=1S/C22H23FN4O3S/c23-16-2-4-17(5-3-16)24-20(28)7-8-21(29)26-22-25-18-6-1-15(13-19(18)31-22)14-27-9-11-30-12-10-27/h1-6,13H,7-12,14H2,(H,24,28)(H,25,26,29). The van der Waals surface area contributed by atoms with Gasteiger partial charge in [0.05, 0.1) is 23.4 Å². The van der Waals surface area contributed by atoms with Crippen LogP contribution in [0, 0.1) is 5.82 Å². The summed E-state index contributed by atoms with van der Waals surface area (Å²) >= 11 is 1.42. The minimum Gasteiger partial charge on any atom is -0.379 e. The Morgan fingerprint density at radius 3 is 2.48 bits per heavy atom. The maximum atomic E-state index is 12.9. The zero-order chi connectivity index (χ0) is 21.6. The van der Waals surface area contributed by atoms with Gasteiger partial charge in [0.1, 0.15) is 5.82 Å². The van der Waals surface area contributed by atoms with Crippen LogP contribution in [0.2, 0.25) is 0 Å². The van der Waals surface area contributed by atoms with Gasteiger partial charge in [0.25, 0.3) is 0 Å². The first kappa shape index (κ1) is 21.4. The number of carbonyl (C=O) groups excluding carboxylic acids is 2. The largest absolute Gasteiger partial charge is 0.379 e. The lowest BCUT2D eigenvalue weighted by molar-refractivity contribution is -0.121. The summed E-state index contributed by atoms with van der Waals surface area (Å²) in [6.45, 7) is 4.25. The maximum absolute atomic E-state index is 12.9. The van der Waals surface area contributed by atoms with Crippen molar-refractivity contribution in [2.45, 2.75) is 19.4 Å². The summed E-state index contributed by atoms with van der Waals surface area (Å²) in [7, 11) is 0. The molecule has 3 aromatic rings. The summed E-state index contributed by atoms with van der Waals surface area (Å²) in [5.74, 6) is -0.956. The molecule has 2 heterocycles. The highest BCUT2D eigenvalue weighted by Gasteiger charge is 2.13. The fourth-order valence-corrected chi connectivity index (χ4v) is 4.25. The smallest absolute Gasteiger partial charge is 0.226 e. The van der Waals surface area contributed by atoms with Gasteiger partial charge in [0.15, 0.2) is 5.13 Å². The fraction of sp³-hybridized carbons (Fsp3) is 0.318. The lowest BCUT2D eigenvalue weighted by Gasteiger charge is -2.26. The number of fused-ring (bicyclic) bond motifs is 1. The molecule has 2 amide bonds. The molecule has 0 spiro atoms. The Labute approximate surface area is 183 Å². The molecular formula is C22H23FN4O3S. The van der Waals surface area contributed by atoms with Crippen LogP contribution in [-0.2, 0) is 20.9 Å². The van der Waals surface area contributed by atoms with Crippen molar-refractivity contribution in [3.05, 3.63) is 53.8 Å². The van der Waals surface area contributed by atoms with Crippen LogP contribution in [0.1, 0.15) is 18.4 Å². The lowest BCUT2D eigenvalue weighted by Crippen LogP contribution is -2.35. The number of anilines is 2. The number of halogens is 1. The van der Waals surface area contributed by atoms with Crippen LogP contribution < -0.4 is 10.6 Å². The SMILES string of the molecule is O=C(CCC(=O)Nc1nc2ccc(CN3CCOCC3)cc2s1)Nc1ccc(F)cc1. The second-order valence-electron chi connectivity index (χ2n) is 7.31. The molecule has 9 heteroatoms. The normalized spacial score (nSPS) is 14.5. The minimum absolute atomic E-state index is 0.0256. The number of amides is 2. The molecule has 0 atom stereocenters. The van der Waals surface area contributed by atoms with Gasteiger partial charge in [-0.25, -0.2) is 9.37 Å². The van der Waals surface area contributed by atoms with Gasteiger partial charge in [-0.05, 0) is 42.0 Å². The maximum Gasteiger partial charge on any atom is 0.226 e. The van der Waals surface area contributed by atoms with Crippen LogP contribution in [0.3, 0.4) is 0 Å². The molecule has 1 aromatic heterocycles. The number of carbonyl (C=O) groups is 2. The van der Waals surface area contributed by atoms with E-state index in [1.54, 1.807) is 0 Å². The van der Waals surface area contributed by atoms with Crippen LogP contribution in [0.4, 0.5) is 15.2 Å². The number of thiazole rings is 1. The molecule has 1 saturated heterocycles. The first-order valence-electron chi connectivity index (χ1n) is 10.1. The van der Waals surface area contributed by atoms with Gasteiger partial charge in [0, 0.05) is 38.2 Å². The zero-order valence-corrected chi connectivity index (χ0v) is 17.7. The van der Waals surface area contributed by atoms with Crippen LogP contribution in [0.25, 0.3) is 10.2 Å². The van der Waals surface area contributed by atoms with Crippen molar-refractivity contribution >= 4 is 44.2 Å². The summed E-state index contributed by atoms with van der Waals surface area (Å²) in [5, 5.41) is 5.93. The quantitative estimate of drug-likeness (QED) is 0.584. The number of rotatable bonds is 7. The Balaban J connectivity index is 1.28. The third kappa shape index (κ3) is 6.06. The molecule has 0 bridgehead atoms. The molecule has 1 aliphatic heterocycles. The monoisotopic (exact) mass is 442 g/mol. The van der Waals surface area contributed by atoms with E-state index in [2.05, 4.69) is 32.7 Å². The van der Waals surface area contributed by atoms with E-state index in [1.807, 2.05) is 6.07 Å². The highest BCUT2D eigenvalue weighted by atomic mass is 32.1. The zero-order valence-electron chi connectivity index (χ0n) is 16.9. The second-order valence-corrected chi connectivity index (χ2v) is 8.34. The van der Waals surface area contributed by atoms with E-state index in [0.29, 0.717) is 10.8 Å². The summed E-state index contributed by atoms with van der Waals surface area (Å²) < 4.78 is 19.3. The predicted molar refractivity (Wildman–Crippen MR) is 119 cm³/mol. The van der Waals surface area contributed by atoms with Gasteiger partial charge < -0.3 is 15.4 Å². The number of morpholine rings is 1. The Kier molecular flexibility index (Phi) is 6.86. The average Bonchev–Trinajstić information content (AvgIpc) is 3.16. The topological polar surface area (TPSA) is 83.6 Å². The van der Waals surface area contributed by atoms with Gasteiger partial charge in [-0.3, -0.25) is 14.5 Å². The number of hydrogen-bond donors (Lipinski definition) is 2. The third-order valence-electron chi connectivity index (χ3n) is 4.92. The predicted octanol–water partition coefficient (Wildman–Crippen LogP) is 3.63. The van der Waals surface area contributed by atoms with Gasteiger partial charge in [-0.2, -0.15) is 0 Å². The molecule has 0 unspecified atom stereocenters. The van der Waals surface area contributed by atoms with Crippen molar-refractivity contribution in [3.8, 4) is 0 Å². The fourth-order valence-electron chi connectivity index (χ4n) is 3.30. The molecule has 31 heavy (non-hydrogen) atoms. The van der Waals surface area contributed by atoms with E-state index in [9.17, 15) is 14.0 Å². The van der Waals surface area contributed by atoms with E-state index in [-0.39, 0.29) is 30.5 Å². The van der Waals surface area contributed by atoms with Crippen LogP contribution in [0.15, 0.2) is 42.5 Å². The molecule has 4 rings (SSSR count). The van der Waals surface area contributed by atoms with Crippen LogP contribution in [0.5, 0.6) is 0 Å². The van der Waals surface area contributed by atoms with E-state index in [4.69, 9.17) is 4.74 Å². The molecule has 1 fully saturated rings. The molecule has 2 N–H and O–H groups in total. The van der Waals surface area contributed by atoms with Crippen molar-refractivity contribution in [1.82, 2.24) is 9.88 Å². The number of aromatic nitrogens is 1. The van der Waals surface area contributed by atoms with E-state index in [0.717, 1.165) is 43.1 Å². The van der Waals surface area contributed by atoms with Gasteiger partial charge in [-0.15, -0.1) is 0 Å². The summed E-state index contributed by atoms with van der Waals surface area (Å²) in [6.07, 6.45) is 0.0586. The van der Waals surface area contributed by atoms with Crippen molar-refractivity contribution in [2.24, 2.45) is 0 Å². The van der Waals surface area contributed by atoms with E-state index < -0.39 is 0 Å². The molecular weight excluding hydrogens is 419 g/mol. The summed E-state index contributed by atoms with van der Waals surface area (Å²) in [4.78, 5) is 31.0. The number of benzene rings is 2. The van der Waals surface area contributed by atoms with E-state index in [1.165, 1.54) is 41.2 Å². The Hall–Kier alpha value is -2.88. The number of nitrogens with one attached hydrogen (secondary N) is 2. The molecule has 0 saturated carbocycles. The first-order chi connectivity index (χ1) is 15.0. The van der Waals surface area contributed by atoms with Crippen molar-refractivity contribution in [3.63, 3.8) is 0 Å². The Morgan fingerprint density at radius 1 is 1.03 bits per heavy atom.